The molecule has 1 aliphatic heterocycles. The van der Waals surface area contributed by atoms with E-state index in [4.69, 9.17) is 4.74 Å². The Kier molecular flexibility index (Phi) is 5.70. The lowest BCUT2D eigenvalue weighted by molar-refractivity contribution is 0.0730. The van der Waals surface area contributed by atoms with Crippen molar-refractivity contribution in [3.63, 3.8) is 0 Å². The molecular formula is C17H22N4O4S. The Labute approximate surface area is 152 Å². The second-order valence-electron chi connectivity index (χ2n) is 6.14. The normalized spacial score (nSPS) is 17.0. The smallest absolute Gasteiger partial charge is 0.251 e. The van der Waals surface area contributed by atoms with E-state index in [-0.39, 0.29) is 16.8 Å². The number of carbonyl (C=O) groups is 1. The van der Waals surface area contributed by atoms with E-state index in [1.807, 2.05) is 19.2 Å². The van der Waals surface area contributed by atoms with Crippen molar-refractivity contribution in [3.8, 4) is 0 Å². The SMILES string of the molecule is C[C@@H](Cn1cccn1)NC(=O)c1ccc(S(=O)(=O)N2CCOCC2)cc1. The summed E-state index contributed by atoms with van der Waals surface area (Å²) >= 11 is 0. The van der Waals surface area contributed by atoms with Crippen LogP contribution in [-0.4, -0.2) is 60.8 Å². The standard InChI is InChI=1S/C17H22N4O4S/c1-14(13-20-8-2-7-18-20)19-17(22)15-3-5-16(6-4-15)26(23,24)21-9-11-25-12-10-21/h2-8,14H,9-13H2,1H3,(H,19,22)/t14-/m0/s1. The molecule has 1 atom stereocenters. The van der Waals surface area contributed by atoms with Gasteiger partial charge < -0.3 is 10.1 Å². The van der Waals surface area contributed by atoms with Crippen LogP contribution in [0.2, 0.25) is 0 Å². The third-order valence-electron chi connectivity index (χ3n) is 4.12. The highest BCUT2D eigenvalue weighted by Gasteiger charge is 2.26. The molecule has 1 N–H and O–H groups in total. The Morgan fingerprint density at radius 2 is 1.96 bits per heavy atom. The van der Waals surface area contributed by atoms with Gasteiger partial charge in [0, 0.05) is 37.1 Å². The number of carbonyl (C=O) groups excluding carboxylic acids is 1. The lowest BCUT2D eigenvalue weighted by atomic mass is 10.2. The molecule has 0 aliphatic carbocycles. The van der Waals surface area contributed by atoms with Gasteiger partial charge in [-0.15, -0.1) is 0 Å². The summed E-state index contributed by atoms with van der Waals surface area (Å²) in [6, 6.07) is 7.71. The first-order valence-electron chi connectivity index (χ1n) is 8.43. The van der Waals surface area contributed by atoms with Crippen LogP contribution in [0.15, 0.2) is 47.6 Å². The number of hydrogen-bond donors (Lipinski definition) is 1. The number of amides is 1. The molecular weight excluding hydrogens is 356 g/mol. The fourth-order valence-electron chi connectivity index (χ4n) is 2.76. The zero-order valence-electron chi connectivity index (χ0n) is 14.5. The highest BCUT2D eigenvalue weighted by Crippen LogP contribution is 2.17. The van der Waals surface area contributed by atoms with Crippen molar-refractivity contribution >= 4 is 15.9 Å². The number of hydrogen-bond acceptors (Lipinski definition) is 5. The van der Waals surface area contributed by atoms with Gasteiger partial charge in [-0.3, -0.25) is 9.48 Å². The van der Waals surface area contributed by atoms with E-state index in [1.54, 1.807) is 10.9 Å². The maximum Gasteiger partial charge on any atom is 0.251 e. The summed E-state index contributed by atoms with van der Waals surface area (Å²) in [5.74, 6) is -0.250. The lowest BCUT2D eigenvalue weighted by Gasteiger charge is -2.26. The van der Waals surface area contributed by atoms with Crippen molar-refractivity contribution in [1.29, 1.82) is 0 Å². The lowest BCUT2D eigenvalue weighted by Crippen LogP contribution is -2.40. The highest BCUT2D eigenvalue weighted by atomic mass is 32.2. The van der Waals surface area contributed by atoms with E-state index >= 15 is 0 Å². The maximum absolute atomic E-state index is 12.6. The number of aromatic nitrogens is 2. The molecule has 1 fully saturated rings. The van der Waals surface area contributed by atoms with Crippen LogP contribution in [0.25, 0.3) is 0 Å². The van der Waals surface area contributed by atoms with Crippen LogP contribution in [0.3, 0.4) is 0 Å². The summed E-state index contributed by atoms with van der Waals surface area (Å²) in [7, 11) is -3.55. The summed E-state index contributed by atoms with van der Waals surface area (Å²) in [6.45, 7) is 3.92. The van der Waals surface area contributed by atoms with Crippen LogP contribution in [-0.2, 0) is 21.3 Å². The quantitative estimate of drug-likeness (QED) is 0.800. The summed E-state index contributed by atoms with van der Waals surface area (Å²) in [5, 5.41) is 6.98. The predicted molar refractivity (Wildman–Crippen MR) is 95.2 cm³/mol. The number of morpholine rings is 1. The number of rotatable bonds is 6. The summed E-state index contributed by atoms with van der Waals surface area (Å²) in [6.07, 6.45) is 3.51. The molecule has 8 nitrogen and oxygen atoms in total. The van der Waals surface area contributed by atoms with Crippen LogP contribution >= 0.6 is 0 Å². The minimum atomic E-state index is -3.55. The van der Waals surface area contributed by atoms with Crippen LogP contribution in [0.1, 0.15) is 17.3 Å². The number of ether oxygens (including phenoxy) is 1. The Morgan fingerprint density at radius 3 is 2.58 bits per heavy atom. The topological polar surface area (TPSA) is 93.5 Å². The third-order valence-corrected chi connectivity index (χ3v) is 6.03. The van der Waals surface area contributed by atoms with E-state index in [1.165, 1.54) is 28.6 Å². The molecule has 1 aromatic carbocycles. The second kappa shape index (κ2) is 7.98. The van der Waals surface area contributed by atoms with E-state index in [0.29, 0.717) is 38.4 Å². The molecule has 0 spiro atoms. The van der Waals surface area contributed by atoms with Gasteiger partial charge >= 0.3 is 0 Å². The maximum atomic E-state index is 12.6. The fraction of sp³-hybridized carbons (Fsp3) is 0.412. The first-order chi connectivity index (χ1) is 12.5. The number of nitrogens with zero attached hydrogens (tertiary/aromatic N) is 3. The molecule has 0 radical (unpaired) electrons. The second-order valence-corrected chi connectivity index (χ2v) is 8.08. The van der Waals surface area contributed by atoms with Gasteiger partial charge in [-0.1, -0.05) is 0 Å². The molecule has 2 aromatic rings. The van der Waals surface area contributed by atoms with Crippen molar-refractivity contribution in [2.75, 3.05) is 26.3 Å². The van der Waals surface area contributed by atoms with Crippen molar-refractivity contribution in [2.45, 2.75) is 24.4 Å². The molecule has 1 amide bonds. The van der Waals surface area contributed by atoms with Crippen molar-refractivity contribution in [1.82, 2.24) is 19.4 Å². The number of sulfonamides is 1. The van der Waals surface area contributed by atoms with Crippen molar-refractivity contribution in [3.05, 3.63) is 48.3 Å². The molecule has 0 saturated carbocycles. The zero-order valence-corrected chi connectivity index (χ0v) is 15.4. The average Bonchev–Trinajstić information content (AvgIpc) is 3.15. The summed E-state index contributed by atoms with van der Waals surface area (Å²) in [4.78, 5) is 12.5. The van der Waals surface area contributed by atoms with Gasteiger partial charge in [0.15, 0.2) is 0 Å². The first kappa shape index (κ1) is 18.6. The van der Waals surface area contributed by atoms with Crippen LogP contribution in [0.5, 0.6) is 0 Å². The zero-order chi connectivity index (χ0) is 18.6. The molecule has 26 heavy (non-hydrogen) atoms. The van der Waals surface area contributed by atoms with Gasteiger partial charge in [-0.2, -0.15) is 9.40 Å². The van der Waals surface area contributed by atoms with E-state index < -0.39 is 10.0 Å². The molecule has 0 unspecified atom stereocenters. The van der Waals surface area contributed by atoms with Gasteiger partial charge in [0.1, 0.15) is 0 Å². The molecule has 0 bridgehead atoms. The van der Waals surface area contributed by atoms with Crippen LogP contribution < -0.4 is 5.32 Å². The monoisotopic (exact) mass is 378 g/mol. The minimum absolute atomic E-state index is 0.112. The molecule has 3 rings (SSSR count). The fourth-order valence-corrected chi connectivity index (χ4v) is 4.16. The summed E-state index contributed by atoms with van der Waals surface area (Å²) < 4.78 is 33.5. The molecule has 9 heteroatoms. The van der Waals surface area contributed by atoms with E-state index in [9.17, 15) is 13.2 Å². The van der Waals surface area contributed by atoms with E-state index in [0.717, 1.165) is 0 Å². The Morgan fingerprint density at radius 1 is 1.27 bits per heavy atom. The van der Waals surface area contributed by atoms with E-state index in [2.05, 4.69) is 10.4 Å². The van der Waals surface area contributed by atoms with Gasteiger partial charge in [0.2, 0.25) is 10.0 Å². The van der Waals surface area contributed by atoms with Crippen LogP contribution in [0.4, 0.5) is 0 Å². The molecule has 140 valence electrons. The first-order valence-corrected chi connectivity index (χ1v) is 9.87. The predicted octanol–water partition coefficient (Wildman–Crippen LogP) is 0.723. The molecule has 1 aromatic heterocycles. The minimum Gasteiger partial charge on any atom is -0.379 e. The Balaban J connectivity index is 1.64. The number of nitrogens with one attached hydrogen (secondary N) is 1. The average molecular weight is 378 g/mol. The van der Waals surface area contributed by atoms with Crippen molar-refractivity contribution in [2.24, 2.45) is 0 Å². The van der Waals surface area contributed by atoms with Crippen molar-refractivity contribution < 1.29 is 17.9 Å². The van der Waals surface area contributed by atoms with Crippen LogP contribution in [0, 0.1) is 0 Å². The van der Waals surface area contributed by atoms with Gasteiger partial charge in [-0.05, 0) is 37.3 Å². The molecule has 2 heterocycles. The van der Waals surface area contributed by atoms with Gasteiger partial charge in [0.25, 0.3) is 5.91 Å². The largest absolute Gasteiger partial charge is 0.379 e. The molecule has 1 aliphatic rings. The van der Waals surface area contributed by atoms with Gasteiger partial charge in [-0.25, -0.2) is 8.42 Å². The Bertz CT molecular complexity index is 828. The third kappa shape index (κ3) is 4.29. The Hall–Kier alpha value is -2.23. The number of benzene rings is 1. The molecule has 1 saturated heterocycles. The van der Waals surface area contributed by atoms with Gasteiger partial charge in [0.05, 0.1) is 24.7 Å². The highest BCUT2D eigenvalue weighted by molar-refractivity contribution is 7.89. The summed E-state index contributed by atoms with van der Waals surface area (Å²) in [5.41, 5.74) is 0.415.